The zero-order valence-electron chi connectivity index (χ0n) is 12.3. The normalized spacial score (nSPS) is 19.2. The van der Waals surface area contributed by atoms with E-state index in [0.717, 1.165) is 25.2 Å². The van der Waals surface area contributed by atoms with E-state index in [-0.39, 0.29) is 0 Å². The SMILES string of the molecule is CCN(c1nc(C(C)C)c(CNC2CC2)s1)C1CC1. The lowest BCUT2D eigenvalue weighted by atomic mass is 10.1. The number of thiazole rings is 1. The molecule has 0 radical (unpaired) electrons. The second kappa shape index (κ2) is 5.41. The zero-order chi connectivity index (χ0) is 13.4. The second-order valence-electron chi connectivity index (χ2n) is 6.13. The van der Waals surface area contributed by atoms with Crippen molar-refractivity contribution >= 4 is 16.5 Å². The molecule has 0 spiro atoms. The molecule has 106 valence electrons. The molecule has 2 fully saturated rings. The maximum atomic E-state index is 4.94. The van der Waals surface area contributed by atoms with E-state index in [1.165, 1.54) is 41.4 Å². The van der Waals surface area contributed by atoms with E-state index in [1.54, 1.807) is 0 Å². The summed E-state index contributed by atoms with van der Waals surface area (Å²) in [7, 11) is 0. The number of hydrogen-bond acceptors (Lipinski definition) is 4. The van der Waals surface area contributed by atoms with Gasteiger partial charge in [-0.25, -0.2) is 4.98 Å². The molecule has 4 heteroatoms. The van der Waals surface area contributed by atoms with Gasteiger partial charge >= 0.3 is 0 Å². The summed E-state index contributed by atoms with van der Waals surface area (Å²) in [5.41, 5.74) is 1.31. The van der Waals surface area contributed by atoms with Gasteiger partial charge in [0.2, 0.25) is 0 Å². The Morgan fingerprint density at radius 1 is 1.32 bits per heavy atom. The molecule has 2 aliphatic carbocycles. The van der Waals surface area contributed by atoms with Gasteiger partial charge in [0.15, 0.2) is 5.13 Å². The van der Waals surface area contributed by atoms with Gasteiger partial charge in [-0.2, -0.15) is 0 Å². The molecule has 3 rings (SSSR count). The summed E-state index contributed by atoms with van der Waals surface area (Å²) >= 11 is 1.91. The van der Waals surface area contributed by atoms with Crippen molar-refractivity contribution in [3.63, 3.8) is 0 Å². The van der Waals surface area contributed by atoms with Gasteiger partial charge in [-0.15, -0.1) is 11.3 Å². The van der Waals surface area contributed by atoms with Crippen molar-refractivity contribution in [2.75, 3.05) is 11.4 Å². The van der Waals surface area contributed by atoms with Crippen molar-refractivity contribution in [3.8, 4) is 0 Å². The molecule has 0 bridgehead atoms. The molecule has 19 heavy (non-hydrogen) atoms. The molecule has 2 saturated carbocycles. The van der Waals surface area contributed by atoms with Crippen molar-refractivity contribution in [1.82, 2.24) is 10.3 Å². The molecule has 0 aromatic carbocycles. The summed E-state index contributed by atoms with van der Waals surface area (Å²) in [6.07, 6.45) is 5.40. The first-order valence-corrected chi connectivity index (χ1v) is 8.50. The highest BCUT2D eigenvalue weighted by Gasteiger charge is 2.31. The Morgan fingerprint density at radius 3 is 2.58 bits per heavy atom. The van der Waals surface area contributed by atoms with E-state index in [2.05, 4.69) is 31.0 Å². The maximum absolute atomic E-state index is 4.94. The average molecular weight is 279 g/mol. The smallest absolute Gasteiger partial charge is 0.186 e. The molecular formula is C15H25N3S. The standard InChI is InChI=1S/C15H25N3S/c1-4-18(12-7-8-12)15-17-14(10(2)3)13(19-15)9-16-11-5-6-11/h10-12,16H,4-9H2,1-3H3. The molecule has 1 heterocycles. The molecule has 1 aromatic heterocycles. The van der Waals surface area contributed by atoms with Gasteiger partial charge < -0.3 is 10.2 Å². The third kappa shape index (κ3) is 3.11. The van der Waals surface area contributed by atoms with Gasteiger partial charge in [-0.05, 0) is 38.5 Å². The van der Waals surface area contributed by atoms with E-state index < -0.39 is 0 Å². The minimum Gasteiger partial charge on any atom is -0.345 e. The first-order chi connectivity index (χ1) is 9.19. The van der Waals surface area contributed by atoms with Crippen LogP contribution in [0.3, 0.4) is 0 Å². The quantitative estimate of drug-likeness (QED) is 0.828. The summed E-state index contributed by atoms with van der Waals surface area (Å²) in [5.74, 6) is 0.527. The van der Waals surface area contributed by atoms with Gasteiger partial charge in [-0.1, -0.05) is 13.8 Å². The molecule has 2 aliphatic rings. The van der Waals surface area contributed by atoms with E-state index in [9.17, 15) is 0 Å². The Hall–Kier alpha value is -0.610. The van der Waals surface area contributed by atoms with Crippen LogP contribution in [-0.2, 0) is 6.54 Å². The molecule has 1 N–H and O–H groups in total. The number of hydrogen-bond donors (Lipinski definition) is 1. The minimum atomic E-state index is 0.527. The molecule has 0 atom stereocenters. The van der Waals surface area contributed by atoms with Crippen LogP contribution in [-0.4, -0.2) is 23.6 Å². The predicted octanol–water partition coefficient (Wildman–Crippen LogP) is 3.51. The Morgan fingerprint density at radius 2 is 2.05 bits per heavy atom. The number of aromatic nitrogens is 1. The highest BCUT2D eigenvalue weighted by molar-refractivity contribution is 7.15. The average Bonchev–Trinajstić information content (AvgIpc) is 3.27. The Labute approximate surface area is 120 Å². The monoisotopic (exact) mass is 279 g/mol. The van der Waals surface area contributed by atoms with Crippen LogP contribution in [0.1, 0.15) is 62.9 Å². The van der Waals surface area contributed by atoms with Gasteiger partial charge in [0.05, 0.1) is 5.69 Å². The summed E-state index contributed by atoms with van der Waals surface area (Å²) in [6.45, 7) is 8.86. The fourth-order valence-electron chi connectivity index (χ4n) is 2.51. The van der Waals surface area contributed by atoms with Crippen LogP contribution in [0.5, 0.6) is 0 Å². The van der Waals surface area contributed by atoms with Crippen LogP contribution in [0.15, 0.2) is 0 Å². The topological polar surface area (TPSA) is 28.2 Å². The number of rotatable bonds is 7. The van der Waals surface area contributed by atoms with Crippen LogP contribution in [0.2, 0.25) is 0 Å². The van der Waals surface area contributed by atoms with Crippen LogP contribution < -0.4 is 10.2 Å². The first-order valence-electron chi connectivity index (χ1n) is 7.68. The lowest BCUT2D eigenvalue weighted by molar-refractivity contribution is 0.680. The predicted molar refractivity (Wildman–Crippen MR) is 82.1 cm³/mol. The third-order valence-corrected chi connectivity index (χ3v) is 5.07. The van der Waals surface area contributed by atoms with Crippen molar-refractivity contribution in [1.29, 1.82) is 0 Å². The van der Waals surface area contributed by atoms with Gasteiger partial charge in [-0.3, -0.25) is 0 Å². The lowest BCUT2D eigenvalue weighted by Crippen LogP contribution is -2.24. The molecule has 3 nitrogen and oxygen atoms in total. The van der Waals surface area contributed by atoms with E-state index in [1.807, 2.05) is 11.3 Å². The molecule has 0 aliphatic heterocycles. The van der Waals surface area contributed by atoms with Crippen LogP contribution in [0.4, 0.5) is 5.13 Å². The van der Waals surface area contributed by atoms with Crippen molar-refractivity contribution in [2.24, 2.45) is 0 Å². The summed E-state index contributed by atoms with van der Waals surface area (Å²) in [6, 6.07) is 1.54. The fraction of sp³-hybridized carbons (Fsp3) is 0.800. The van der Waals surface area contributed by atoms with Crippen LogP contribution >= 0.6 is 11.3 Å². The van der Waals surface area contributed by atoms with Crippen LogP contribution in [0.25, 0.3) is 0 Å². The largest absolute Gasteiger partial charge is 0.345 e. The molecule has 0 saturated heterocycles. The van der Waals surface area contributed by atoms with E-state index in [0.29, 0.717) is 5.92 Å². The van der Waals surface area contributed by atoms with Crippen molar-refractivity contribution < 1.29 is 0 Å². The highest BCUT2D eigenvalue weighted by Crippen LogP contribution is 2.37. The molecule has 0 amide bonds. The van der Waals surface area contributed by atoms with Crippen molar-refractivity contribution in [2.45, 2.75) is 71.0 Å². The summed E-state index contributed by atoms with van der Waals surface area (Å²) < 4.78 is 0. The number of anilines is 1. The number of nitrogens with zero attached hydrogens (tertiary/aromatic N) is 2. The summed E-state index contributed by atoms with van der Waals surface area (Å²) in [5, 5.41) is 4.89. The Balaban J connectivity index is 1.77. The van der Waals surface area contributed by atoms with Crippen LogP contribution in [0, 0.1) is 0 Å². The van der Waals surface area contributed by atoms with Gasteiger partial charge in [0.1, 0.15) is 0 Å². The Kier molecular flexibility index (Phi) is 3.81. The molecular weight excluding hydrogens is 254 g/mol. The highest BCUT2D eigenvalue weighted by atomic mass is 32.1. The fourth-order valence-corrected chi connectivity index (χ4v) is 3.81. The maximum Gasteiger partial charge on any atom is 0.186 e. The molecule has 1 aromatic rings. The second-order valence-corrected chi connectivity index (χ2v) is 7.19. The van der Waals surface area contributed by atoms with E-state index >= 15 is 0 Å². The Bertz CT molecular complexity index is 433. The molecule has 0 unspecified atom stereocenters. The minimum absolute atomic E-state index is 0.527. The lowest BCUT2D eigenvalue weighted by Gasteiger charge is -2.18. The first kappa shape index (κ1) is 13.4. The van der Waals surface area contributed by atoms with Gasteiger partial charge in [0.25, 0.3) is 0 Å². The zero-order valence-corrected chi connectivity index (χ0v) is 13.1. The van der Waals surface area contributed by atoms with Gasteiger partial charge in [0, 0.05) is 30.1 Å². The summed E-state index contributed by atoms with van der Waals surface area (Å²) in [4.78, 5) is 8.90. The number of nitrogens with one attached hydrogen (secondary N) is 1. The van der Waals surface area contributed by atoms with E-state index in [4.69, 9.17) is 4.98 Å². The third-order valence-electron chi connectivity index (χ3n) is 3.97. The van der Waals surface area contributed by atoms with Crippen molar-refractivity contribution in [3.05, 3.63) is 10.6 Å².